The van der Waals surface area contributed by atoms with Crippen LogP contribution in [0, 0.1) is 0 Å². The normalized spacial score (nSPS) is 10.4. The van der Waals surface area contributed by atoms with Crippen molar-refractivity contribution < 1.29 is 14.3 Å². The molecule has 0 atom stereocenters. The summed E-state index contributed by atoms with van der Waals surface area (Å²) < 4.78 is 11.3. The van der Waals surface area contributed by atoms with Gasteiger partial charge in [-0.3, -0.25) is 4.79 Å². The number of rotatable bonds is 5. The predicted molar refractivity (Wildman–Crippen MR) is 91.7 cm³/mol. The zero-order valence-corrected chi connectivity index (χ0v) is 15.1. The molecule has 0 saturated carbocycles. The van der Waals surface area contributed by atoms with E-state index >= 15 is 0 Å². The fraction of sp³-hybridized carbons (Fsp3) is 0.188. The molecule has 0 N–H and O–H groups in total. The molecule has 0 bridgehead atoms. The van der Waals surface area contributed by atoms with E-state index in [-0.39, 0.29) is 12.2 Å². The van der Waals surface area contributed by atoms with Gasteiger partial charge in [0.25, 0.3) is 0 Å². The first-order valence-corrected chi connectivity index (χ1v) is 7.91. The van der Waals surface area contributed by atoms with Crippen molar-refractivity contribution in [2.45, 2.75) is 6.42 Å². The van der Waals surface area contributed by atoms with Crippen LogP contribution >= 0.6 is 39.1 Å². The highest BCUT2D eigenvalue weighted by atomic mass is 79.9. The van der Waals surface area contributed by atoms with Crippen LogP contribution < -0.4 is 9.47 Å². The van der Waals surface area contributed by atoms with Gasteiger partial charge in [0.1, 0.15) is 17.1 Å². The topological polar surface area (TPSA) is 35.5 Å². The molecule has 0 saturated heterocycles. The van der Waals surface area contributed by atoms with E-state index in [0.717, 1.165) is 0 Å². The van der Waals surface area contributed by atoms with Crippen molar-refractivity contribution in [3.8, 4) is 11.5 Å². The van der Waals surface area contributed by atoms with Gasteiger partial charge in [-0.25, -0.2) is 0 Å². The highest BCUT2D eigenvalue weighted by molar-refractivity contribution is 9.10. The number of ether oxygens (including phenoxy) is 2. The molecule has 22 heavy (non-hydrogen) atoms. The molecule has 116 valence electrons. The Morgan fingerprint density at radius 3 is 2.27 bits per heavy atom. The summed E-state index contributed by atoms with van der Waals surface area (Å²) in [7, 11) is 3.00. The molecule has 0 radical (unpaired) electrons. The summed E-state index contributed by atoms with van der Waals surface area (Å²) in [5, 5.41) is 0.905. The molecule has 0 aliphatic carbocycles. The molecule has 3 nitrogen and oxygen atoms in total. The van der Waals surface area contributed by atoms with Crippen molar-refractivity contribution in [2.75, 3.05) is 14.2 Å². The molecular formula is C16H13BrCl2O3. The second-order valence-electron chi connectivity index (χ2n) is 4.46. The third-order valence-electron chi connectivity index (χ3n) is 3.17. The zero-order valence-electron chi connectivity index (χ0n) is 12.0. The van der Waals surface area contributed by atoms with E-state index in [2.05, 4.69) is 15.9 Å². The van der Waals surface area contributed by atoms with Gasteiger partial charge in [0.2, 0.25) is 0 Å². The third kappa shape index (κ3) is 3.40. The van der Waals surface area contributed by atoms with Crippen LogP contribution in [-0.2, 0) is 6.42 Å². The first kappa shape index (κ1) is 17.1. The molecule has 0 unspecified atom stereocenters. The average Bonchev–Trinajstić information content (AvgIpc) is 2.50. The second-order valence-corrected chi connectivity index (χ2v) is 6.13. The Bertz CT molecular complexity index is 697. The lowest BCUT2D eigenvalue weighted by Crippen LogP contribution is -2.09. The number of carbonyl (C=O) groups is 1. The molecule has 0 heterocycles. The van der Waals surface area contributed by atoms with Gasteiger partial charge in [0.15, 0.2) is 5.78 Å². The summed E-state index contributed by atoms with van der Waals surface area (Å²) in [6, 6.07) is 8.60. The maximum absolute atomic E-state index is 12.7. The lowest BCUT2D eigenvalue weighted by molar-refractivity contribution is 0.0987. The minimum absolute atomic E-state index is 0.0572. The summed E-state index contributed by atoms with van der Waals surface area (Å²) in [6.45, 7) is 0. The molecule has 0 amide bonds. The predicted octanol–water partition coefficient (Wildman–Crippen LogP) is 5.20. The van der Waals surface area contributed by atoms with E-state index in [4.69, 9.17) is 32.7 Å². The largest absolute Gasteiger partial charge is 0.496 e. The minimum Gasteiger partial charge on any atom is -0.496 e. The maximum Gasteiger partial charge on any atom is 0.174 e. The van der Waals surface area contributed by atoms with Crippen molar-refractivity contribution in [2.24, 2.45) is 0 Å². The van der Waals surface area contributed by atoms with Crippen LogP contribution in [0.3, 0.4) is 0 Å². The summed E-state index contributed by atoms with van der Waals surface area (Å²) in [6.07, 6.45) is 0.0572. The van der Waals surface area contributed by atoms with E-state index in [1.807, 2.05) is 0 Å². The van der Waals surface area contributed by atoms with Gasteiger partial charge < -0.3 is 9.47 Å². The highest BCUT2D eigenvalue weighted by Gasteiger charge is 2.22. The molecule has 2 aromatic carbocycles. The number of Topliss-reactive ketones (excluding diaryl/α,β-unsaturated/α-hetero) is 1. The Hall–Kier alpha value is -1.23. The van der Waals surface area contributed by atoms with Gasteiger partial charge in [0, 0.05) is 16.5 Å². The number of ketones is 1. The van der Waals surface area contributed by atoms with E-state index in [0.29, 0.717) is 37.1 Å². The van der Waals surface area contributed by atoms with Gasteiger partial charge in [-0.2, -0.15) is 0 Å². The van der Waals surface area contributed by atoms with Crippen LogP contribution in [0.15, 0.2) is 34.8 Å². The zero-order chi connectivity index (χ0) is 16.3. The number of hydrogen-bond acceptors (Lipinski definition) is 3. The lowest BCUT2D eigenvalue weighted by Gasteiger charge is -2.14. The lowest BCUT2D eigenvalue weighted by atomic mass is 10.0. The molecule has 0 aliphatic heterocycles. The molecule has 0 aromatic heterocycles. The number of benzene rings is 2. The summed E-state index contributed by atoms with van der Waals surface area (Å²) in [5.41, 5.74) is 0.940. The Labute approximate surface area is 147 Å². The Morgan fingerprint density at radius 1 is 1.09 bits per heavy atom. The van der Waals surface area contributed by atoms with E-state index in [1.54, 1.807) is 30.3 Å². The van der Waals surface area contributed by atoms with Crippen LogP contribution in [0.1, 0.15) is 15.9 Å². The first-order chi connectivity index (χ1) is 10.5. The first-order valence-electron chi connectivity index (χ1n) is 6.36. The van der Waals surface area contributed by atoms with Crippen molar-refractivity contribution in [1.82, 2.24) is 0 Å². The van der Waals surface area contributed by atoms with Crippen molar-refractivity contribution in [3.63, 3.8) is 0 Å². The van der Waals surface area contributed by atoms with E-state index < -0.39 is 0 Å². The quantitative estimate of drug-likeness (QED) is 0.643. The minimum atomic E-state index is -0.190. The number of carbonyl (C=O) groups excluding carboxylic acids is 1. The van der Waals surface area contributed by atoms with E-state index in [9.17, 15) is 4.79 Å². The van der Waals surface area contributed by atoms with Gasteiger partial charge in [-0.05, 0) is 45.8 Å². The standard InChI is InChI=1S/C16H13BrCl2O3/c1-21-14-7-6-10(17)16(22-2)15(14)13(20)8-9-11(18)4-3-5-12(9)19/h3-7H,8H2,1-2H3. The molecule has 2 aromatic rings. The SMILES string of the molecule is COc1ccc(Br)c(OC)c1C(=O)Cc1c(Cl)cccc1Cl. The molecule has 0 aliphatic rings. The van der Waals surface area contributed by atoms with Crippen LogP contribution in [0.4, 0.5) is 0 Å². The van der Waals surface area contributed by atoms with E-state index in [1.165, 1.54) is 14.2 Å². The highest BCUT2D eigenvalue weighted by Crippen LogP contribution is 2.37. The van der Waals surface area contributed by atoms with Crippen molar-refractivity contribution in [3.05, 3.63) is 56.0 Å². The summed E-state index contributed by atoms with van der Waals surface area (Å²) in [4.78, 5) is 12.7. The van der Waals surface area contributed by atoms with Crippen molar-refractivity contribution in [1.29, 1.82) is 0 Å². The number of methoxy groups -OCH3 is 2. The maximum atomic E-state index is 12.7. The summed E-state index contributed by atoms with van der Waals surface area (Å²) >= 11 is 15.6. The second kappa shape index (κ2) is 7.36. The third-order valence-corrected chi connectivity index (χ3v) is 4.51. The molecule has 0 spiro atoms. The molecular weight excluding hydrogens is 391 g/mol. The monoisotopic (exact) mass is 402 g/mol. The number of hydrogen-bond donors (Lipinski definition) is 0. The Balaban J connectivity index is 2.48. The van der Waals surface area contributed by atoms with Gasteiger partial charge in [-0.1, -0.05) is 29.3 Å². The Morgan fingerprint density at radius 2 is 1.73 bits per heavy atom. The Kier molecular flexibility index (Phi) is 5.73. The average molecular weight is 404 g/mol. The summed E-state index contributed by atoms with van der Waals surface area (Å²) in [5.74, 6) is 0.672. The molecule has 6 heteroatoms. The van der Waals surface area contributed by atoms with Gasteiger partial charge in [0.05, 0.1) is 18.7 Å². The van der Waals surface area contributed by atoms with Crippen LogP contribution in [0.5, 0.6) is 11.5 Å². The number of halogens is 3. The van der Waals surface area contributed by atoms with Crippen molar-refractivity contribution >= 4 is 44.9 Å². The molecule has 0 fully saturated rings. The smallest absolute Gasteiger partial charge is 0.174 e. The van der Waals surface area contributed by atoms with Gasteiger partial charge in [-0.15, -0.1) is 0 Å². The van der Waals surface area contributed by atoms with Crippen LogP contribution in [0.2, 0.25) is 10.0 Å². The molecule has 2 rings (SSSR count). The van der Waals surface area contributed by atoms with Crippen LogP contribution in [-0.4, -0.2) is 20.0 Å². The fourth-order valence-electron chi connectivity index (χ4n) is 2.12. The van der Waals surface area contributed by atoms with Crippen LogP contribution in [0.25, 0.3) is 0 Å². The van der Waals surface area contributed by atoms with Gasteiger partial charge >= 0.3 is 0 Å². The fourth-order valence-corrected chi connectivity index (χ4v) is 3.15.